The summed E-state index contributed by atoms with van der Waals surface area (Å²) < 4.78 is 16.0. The van der Waals surface area contributed by atoms with E-state index >= 15 is 0 Å². The zero-order chi connectivity index (χ0) is 15.9. The van der Waals surface area contributed by atoms with Gasteiger partial charge in [-0.15, -0.1) is 0 Å². The Morgan fingerprint density at radius 1 is 1.23 bits per heavy atom. The molecule has 0 unspecified atom stereocenters. The van der Waals surface area contributed by atoms with E-state index in [0.29, 0.717) is 6.42 Å². The van der Waals surface area contributed by atoms with Crippen LogP contribution in [-0.2, 0) is 19.0 Å². The second kappa shape index (κ2) is 6.07. The van der Waals surface area contributed by atoms with Crippen LogP contribution in [0.3, 0.4) is 0 Å². The van der Waals surface area contributed by atoms with E-state index in [9.17, 15) is 20.1 Å². The third kappa shape index (κ3) is 2.81. The molecule has 2 heterocycles. The van der Waals surface area contributed by atoms with Crippen molar-refractivity contribution in [2.75, 3.05) is 6.61 Å². The summed E-state index contributed by atoms with van der Waals surface area (Å²) in [6, 6.07) is 0. The lowest BCUT2D eigenvalue weighted by atomic mass is 9.96. The van der Waals surface area contributed by atoms with Crippen molar-refractivity contribution in [1.82, 2.24) is 0 Å². The van der Waals surface area contributed by atoms with E-state index in [1.54, 1.807) is 12.2 Å². The molecule has 1 saturated heterocycles. The fraction of sp³-hybridized carbons (Fsp3) is 0.643. The van der Waals surface area contributed by atoms with E-state index in [4.69, 9.17) is 19.3 Å². The monoisotopic (exact) mass is 314 g/mol. The Balaban J connectivity index is 1.65. The highest BCUT2D eigenvalue weighted by Gasteiger charge is 2.45. The molecule has 0 saturated carbocycles. The molecule has 4 N–H and O–H groups in total. The molecule has 3 rings (SSSR count). The van der Waals surface area contributed by atoms with E-state index in [1.165, 1.54) is 6.08 Å². The molecule has 0 aromatic heterocycles. The minimum Gasteiger partial charge on any atom is -0.454 e. The molecule has 8 nitrogen and oxygen atoms in total. The molecule has 22 heavy (non-hydrogen) atoms. The molecule has 0 amide bonds. The van der Waals surface area contributed by atoms with E-state index in [1.807, 2.05) is 0 Å². The van der Waals surface area contributed by atoms with Crippen molar-refractivity contribution in [3.05, 3.63) is 23.8 Å². The zero-order valence-electron chi connectivity index (χ0n) is 11.6. The molecular formula is C14H18O8. The minimum absolute atomic E-state index is 0.364. The van der Waals surface area contributed by atoms with E-state index in [2.05, 4.69) is 0 Å². The predicted molar refractivity (Wildman–Crippen MR) is 70.4 cm³/mol. The van der Waals surface area contributed by atoms with Crippen LogP contribution < -0.4 is 0 Å². The lowest BCUT2D eigenvalue weighted by Crippen LogP contribution is -2.59. The smallest absolute Gasteiger partial charge is 0.331 e. The van der Waals surface area contributed by atoms with Crippen LogP contribution in [-0.4, -0.2) is 75.9 Å². The summed E-state index contributed by atoms with van der Waals surface area (Å²) in [5.41, 5.74) is 0.763. The second-order valence-electron chi connectivity index (χ2n) is 5.54. The molecule has 0 aromatic carbocycles. The van der Waals surface area contributed by atoms with Gasteiger partial charge < -0.3 is 34.6 Å². The highest BCUT2D eigenvalue weighted by Crippen LogP contribution is 2.30. The molecule has 0 aromatic rings. The lowest BCUT2D eigenvalue weighted by molar-refractivity contribution is -0.308. The standard InChI is InChI=1S/C14H18O8/c15-5-9-11(17)12(18)13(19)14(22-9)20-7-2-1-6-3-10(16)21-8(6)4-7/h1-3,7-9,11-15,17-19H,4-5H2/t7-,8-,9+,11+,12-,13+,14-/m1/s1. The second-order valence-corrected chi connectivity index (χ2v) is 5.54. The van der Waals surface area contributed by atoms with Crippen LogP contribution in [0.1, 0.15) is 6.42 Å². The first kappa shape index (κ1) is 15.6. The van der Waals surface area contributed by atoms with Gasteiger partial charge in [0.15, 0.2) is 6.29 Å². The van der Waals surface area contributed by atoms with Gasteiger partial charge >= 0.3 is 5.97 Å². The first-order valence-electron chi connectivity index (χ1n) is 7.06. The van der Waals surface area contributed by atoms with Crippen molar-refractivity contribution in [3.8, 4) is 0 Å². The largest absolute Gasteiger partial charge is 0.454 e. The summed E-state index contributed by atoms with van der Waals surface area (Å²) in [6.45, 7) is -0.515. The van der Waals surface area contributed by atoms with Gasteiger partial charge in [0, 0.05) is 12.5 Å². The molecule has 8 heteroatoms. The molecule has 0 radical (unpaired) electrons. The number of fused-ring (bicyclic) bond motifs is 1. The fourth-order valence-corrected chi connectivity index (χ4v) is 2.77. The number of esters is 1. The van der Waals surface area contributed by atoms with Gasteiger partial charge in [0.25, 0.3) is 0 Å². The molecule has 7 atom stereocenters. The SMILES string of the molecule is O=C1C=C2C=C[C@@H](O[C@@H]3O[C@@H](CO)[C@H](O)[C@@H](O)[C@@H]3O)C[C@H]2O1. The van der Waals surface area contributed by atoms with Gasteiger partial charge in [-0.25, -0.2) is 4.79 Å². The maximum Gasteiger partial charge on any atom is 0.331 e. The number of carbonyl (C=O) groups excluding carboxylic acids is 1. The third-order valence-electron chi connectivity index (χ3n) is 4.02. The molecule has 0 bridgehead atoms. The maximum absolute atomic E-state index is 11.2. The number of hydrogen-bond acceptors (Lipinski definition) is 8. The van der Waals surface area contributed by atoms with Crippen molar-refractivity contribution >= 4 is 5.97 Å². The number of aliphatic hydroxyl groups is 4. The molecule has 122 valence electrons. The minimum atomic E-state index is -1.48. The Morgan fingerprint density at radius 3 is 2.73 bits per heavy atom. The number of rotatable bonds is 3. The van der Waals surface area contributed by atoms with Crippen molar-refractivity contribution in [2.24, 2.45) is 0 Å². The van der Waals surface area contributed by atoms with Crippen molar-refractivity contribution in [1.29, 1.82) is 0 Å². The summed E-state index contributed by atoms with van der Waals surface area (Å²) in [5, 5.41) is 38.5. The maximum atomic E-state index is 11.2. The lowest BCUT2D eigenvalue weighted by Gasteiger charge is -2.41. The van der Waals surface area contributed by atoms with Crippen LogP contribution in [0.4, 0.5) is 0 Å². The Labute approximate surface area is 126 Å². The molecular weight excluding hydrogens is 296 g/mol. The first-order chi connectivity index (χ1) is 10.5. The topological polar surface area (TPSA) is 126 Å². The van der Waals surface area contributed by atoms with Crippen LogP contribution in [0.2, 0.25) is 0 Å². The summed E-state index contributed by atoms with van der Waals surface area (Å²) in [7, 11) is 0. The summed E-state index contributed by atoms with van der Waals surface area (Å²) in [5.74, 6) is -0.404. The van der Waals surface area contributed by atoms with Gasteiger partial charge in [0.05, 0.1) is 12.7 Å². The number of hydrogen-bond donors (Lipinski definition) is 4. The Morgan fingerprint density at radius 2 is 2.00 bits per heavy atom. The number of aliphatic hydroxyl groups excluding tert-OH is 4. The van der Waals surface area contributed by atoms with Gasteiger partial charge in [-0.05, 0) is 5.57 Å². The Bertz CT molecular complexity index is 499. The summed E-state index contributed by atoms with van der Waals surface area (Å²) in [6.07, 6.45) is -2.29. The van der Waals surface area contributed by atoms with Crippen LogP contribution in [0.5, 0.6) is 0 Å². The van der Waals surface area contributed by atoms with E-state index < -0.39 is 55.5 Å². The fourth-order valence-electron chi connectivity index (χ4n) is 2.77. The molecule has 2 aliphatic heterocycles. The van der Waals surface area contributed by atoms with Gasteiger partial charge in [-0.2, -0.15) is 0 Å². The van der Waals surface area contributed by atoms with E-state index in [0.717, 1.165) is 5.57 Å². The van der Waals surface area contributed by atoms with Crippen molar-refractivity contribution in [2.45, 2.75) is 49.3 Å². The highest BCUT2D eigenvalue weighted by molar-refractivity contribution is 5.86. The zero-order valence-corrected chi connectivity index (χ0v) is 11.6. The van der Waals surface area contributed by atoms with Gasteiger partial charge in [-0.1, -0.05) is 12.2 Å². The normalized spacial score (nSPS) is 44.5. The van der Waals surface area contributed by atoms with Crippen LogP contribution in [0, 0.1) is 0 Å². The van der Waals surface area contributed by atoms with E-state index in [-0.39, 0.29) is 0 Å². The first-order valence-corrected chi connectivity index (χ1v) is 7.06. The molecule has 3 aliphatic rings. The van der Waals surface area contributed by atoms with Gasteiger partial charge in [0.2, 0.25) is 0 Å². The van der Waals surface area contributed by atoms with Crippen LogP contribution in [0.15, 0.2) is 23.8 Å². The molecule has 1 aliphatic carbocycles. The average Bonchev–Trinajstić information content (AvgIpc) is 2.87. The highest BCUT2D eigenvalue weighted by atomic mass is 16.7. The average molecular weight is 314 g/mol. The number of carbonyl (C=O) groups is 1. The quantitative estimate of drug-likeness (QED) is 0.440. The number of ether oxygens (including phenoxy) is 3. The van der Waals surface area contributed by atoms with Gasteiger partial charge in [-0.3, -0.25) is 0 Å². The molecule has 1 fully saturated rings. The van der Waals surface area contributed by atoms with Crippen molar-refractivity contribution in [3.63, 3.8) is 0 Å². The summed E-state index contributed by atoms with van der Waals surface area (Å²) >= 11 is 0. The Kier molecular flexibility index (Phi) is 4.31. The van der Waals surface area contributed by atoms with Crippen molar-refractivity contribution < 1.29 is 39.4 Å². The Hall–Kier alpha value is -1.29. The third-order valence-corrected chi connectivity index (χ3v) is 4.02. The molecule has 0 spiro atoms. The predicted octanol–water partition coefficient (Wildman–Crippen LogP) is -2.02. The van der Waals surface area contributed by atoms with Gasteiger partial charge in [0.1, 0.15) is 30.5 Å². The summed E-state index contributed by atoms with van der Waals surface area (Å²) in [4.78, 5) is 11.2. The van der Waals surface area contributed by atoms with Crippen LogP contribution in [0.25, 0.3) is 0 Å². The van der Waals surface area contributed by atoms with Crippen LogP contribution >= 0.6 is 0 Å².